The van der Waals surface area contributed by atoms with Crippen molar-refractivity contribution in [2.75, 3.05) is 31.2 Å². The number of carbonyl (C=O) groups is 1. The molecule has 0 saturated carbocycles. The number of amides is 1. The molecule has 0 aliphatic heterocycles. The van der Waals surface area contributed by atoms with E-state index < -0.39 is 9.84 Å². The number of anilines is 1. The molecule has 0 aromatic heterocycles. The minimum absolute atomic E-state index is 0.0848. The number of nitrogens with one attached hydrogen (secondary N) is 1. The number of hydrogen-bond acceptors (Lipinski definition) is 4. The number of rotatable bonds is 8. The molecule has 6 heteroatoms. The fraction of sp³-hybridized carbons (Fsp3) is 0.588. The Morgan fingerprint density at radius 3 is 1.91 bits per heavy atom. The van der Waals surface area contributed by atoms with Crippen LogP contribution in [0.15, 0.2) is 29.2 Å². The fourth-order valence-electron chi connectivity index (χ4n) is 2.43. The second kappa shape index (κ2) is 8.45. The third-order valence-electron chi connectivity index (χ3n) is 3.18. The molecule has 1 rings (SSSR count). The molecular formula is C17H28N2O3S. The summed E-state index contributed by atoms with van der Waals surface area (Å²) in [6, 6.07) is 6.24. The summed E-state index contributed by atoms with van der Waals surface area (Å²) in [4.78, 5) is 14.6. The van der Waals surface area contributed by atoms with Crippen LogP contribution in [0.1, 0.15) is 27.7 Å². The fourth-order valence-corrected chi connectivity index (χ4v) is 3.06. The Bertz CT molecular complexity index is 597. The molecule has 0 aliphatic carbocycles. The van der Waals surface area contributed by atoms with Gasteiger partial charge < -0.3 is 5.32 Å². The number of nitrogens with zero attached hydrogens (tertiary/aromatic N) is 1. The first-order valence-corrected chi connectivity index (χ1v) is 9.79. The molecule has 0 saturated heterocycles. The minimum Gasteiger partial charge on any atom is -0.325 e. The third-order valence-corrected chi connectivity index (χ3v) is 4.31. The van der Waals surface area contributed by atoms with Gasteiger partial charge in [-0.05, 0) is 36.1 Å². The first-order chi connectivity index (χ1) is 10.6. The Balaban J connectivity index is 2.66. The van der Waals surface area contributed by atoms with Gasteiger partial charge in [-0.2, -0.15) is 0 Å². The van der Waals surface area contributed by atoms with Crippen LogP contribution in [0.2, 0.25) is 0 Å². The monoisotopic (exact) mass is 340 g/mol. The Kier molecular flexibility index (Phi) is 7.22. The summed E-state index contributed by atoms with van der Waals surface area (Å²) in [7, 11) is -3.21. The van der Waals surface area contributed by atoms with Crippen molar-refractivity contribution < 1.29 is 13.2 Å². The van der Waals surface area contributed by atoms with E-state index in [9.17, 15) is 13.2 Å². The topological polar surface area (TPSA) is 66.5 Å². The molecule has 0 fully saturated rings. The van der Waals surface area contributed by atoms with Crippen LogP contribution in [-0.4, -0.2) is 45.1 Å². The Morgan fingerprint density at radius 2 is 1.52 bits per heavy atom. The van der Waals surface area contributed by atoms with Crippen LogP contribution in [0.25, 0.3) is 0 Å². The summed E-state index contributed by atoms with van der Waals surface area (Å²) >= 11 is 0. The Labute approximate surface area is 140 Å². The van der Waals surface area contributed by atoms with E-state index in [1.807, 2.05) is 0 Å². The Hall–Kier alpha value is -1.40. The number of sulfone groups is 1. The molecule has 1 amide bonds. The lowest BCUT2D eigenvalue weighted by atomic mass is 10.1. The number of carbonyl (C=O) groups excluding carboxylic acids is 1. The van der Waals surface area contributed by atoms with Crippen LogP contribution in [0.4, 0.5) is 5.69 Å². The van der Waals surface area contributed by atoms with E-state index in [2.05, 4.69) is 37.9 Å². The van der Waals surface area contributed by atoms with Gasteiger partial charge in [0.1, 0.15) is 0 Å². The molecule has 0 spiro atoms. The van der Waals surface area contributed by atoms with Crippen LogP contribution in [0.3, 0.4) is 0 Å². The van der Waals surface area contributed by atoms with Gasteiger partial charge in [-0.25, -0.2) is 8.42 Å². The molecular weight excluding hydrogens is 312 g/mol. The summed E-state index contributed by atoms with van der Waals surface area (Å²) in [5.74, 6) is 0.907. The highest BCUT2D eigenvalue weighted by molar-refractivity contribution is 7.90. The number of benzene rings is 1. The largest absolute Gasteiger partial charge is 0.325 e. The summed E-state index contributed by atoms with van der Waals surface area (Å²) in [6.45, 7) is 10.6. The molecule has 0 unspecified atom stereocenters. The Morgan fingerprint density at radius 1 is 1.04 bits per heavy atom. The molecule has 0 atom stereocenters. The zero-order valence-electron chi connectivity index (χ0n) is 14.7. The molecule has 1 aromatic rings. The van der Waals surface area contributed by atoms with Gasteiger partial charge in [-0.1, -0.05) is 27.7 Å². The first-order valence-electron chi connectivity index (χ1n) is 7.90. The van der Waals surface area contributed by atoms with E-state index in [-0.39, 0.29) is 10.8 Å². The maximum absolute atomic E-state index is 12.2. The average Bonchev–Trinajstić information content (AvgIpc) is 2.36. The van der Waals surface area contributed by atoms with Crippen LogP contribution < -0.4 is 5.32 Å². The standard InChI is InChI=1S/C17H28N2O3S/c1-13(2)10-19(11-14(3)4)12-17(20)18-15-6-8-16(9-7-15)23(5,21)22/h6-9,13-14H,10-12H2,1-5H3,(H,18,20). The van der Waals surface area contributed by atoms with Crippen LogP contribution in [-0.2, 0) is 14.6 Å². The second-order valence-electron chi connectivity index (χ2n) is 6.83. The van der Waals surface area contributed by atoms with E-state index in [0.717, 1.165) is 19.3 Å². The molecule has 23 heavy (non-hydrogen) atoms. The number of hydrogen-bond donors (Lipinski definition) is 1. The van der Waals surface area contributed by atoms with Crippen molar-refractivity contribution in [3.63, 3.8) is 0 Å². The van der Waals surface area contributed by atoms with Gasteiger partial charge in [0.2, 0.25) is 5.91 Å². The third kappa shape index (κ3) is 7.61. The van der Waals surface area contributed by atoms with Gasteiger partial charge in [0, 0.05) is 25.0 Å². The second-order valence-corrected chi connectivity index (χ2v) is 8.84. The predicted octanol–water partition coefficient (Wildman–Crippen LogP) is 2.64. The van der Waals surface area contributed by atoms with Gasteiger partial charge >= 0.3 is 0 Å². The maximum Gasteiger partial charge on any atom is 0.238 e. The van der Waals surface area contributed by atoms with Crippen molar-refractivity contribution in [2.24, 2.45) is 11.8 Å². The summed E-state index contributed by atoms with van der Waals surface area (Å²) in [6.07, 6.45) is 1.16. The zero-order chi connectivity index (χ0) is 17.6. The predicted molar refractivity (Wildman–Crippen MR) is 94.3 cm³/mol. The van der Waals surface area contributed by atoms with E-state index >= 15 is 0 Å². The van der Waals surface area contributed by atoms with Gasteiger partial charge in [0.15, 0.2) is 9.84 Å². The first kappa shape index (κ1) is 19.6. The van der Waals surface area contributed by atoms with Gasteiger partial charge in [0.05, 0.1) is 11.4 Å². The molecule has 0 radical (unpaired) electrons. The van der Waals surface area contributed by atoms with Crippen LogP contribution in [0.5, 0.6) is 0 Å². The lowest BCUT2D eigenvalue weighted by molar-refractivity contribution is -0.117. The van der Waals surface area contributed by atoms with E-state index in [1.165, 1.54) is 12.1 Å². The highest BCUT2D eigenvalue weighted by Gasteiger charge is 2.14. The lowest BCUT2D eigenvalue weighted by Crippen LogP contribution is -2.38. The SMILES string of the molecule is CC(C)CN(CC(=O)Nc1ccc(S(C)(=O)=O)cc1)CC(C)C. The van der Waals surface area contributed by atoms with Crippen molar-refractivity contribution in [1.29, 1.82) is 0 Å². The van der Waals surface area contributed by atoms with Crippen molar-refractivity contribution >= 4 is 21.4 Å². The van der Waals surface area contributed by atoms with Crippen molar-refractivity contribution in [1.82, 2.24) is 4.90 Å². The molecule has 5 nitrogen and oxygen atoms in total. The van der Waals surface area contributed by atoms with E-state index in [4.69, 9.17) is 0 Å². The lowest BCUT2D eigenvalue weighted by Gasteiger charge is -2.25. The summed E-state index contributed by atoms with van der Waals surface area (Å²) in [5, 5.41) is 2.82. The molecule has 1 aromatic carbocycles. The quantitative estimate of drug-likeness (QED) is 0.790. The molecule has 130 valence electrons. The summed E-state index contributed by atoms with van der Waals surface area (Å²) < 4.78 is 22.8. The van der Waals surface area contributed by atoms with Gasteiger partial charge in [-0.15, -0.1) is 0 Å². The molecule has 0 aliphatic rings. The maximum atomic E-state index is 12.2. The molecule has 1 N–H and O–H groups in total. The van der Waals surface area contributed by atoms with Gasteiger partial charge in [-0.3, -0.25) is 9.69 Å². The smallest absolute Gasteiger partial charge is 0.238 e. The minimum atomic E-state index is -3.21. The molecule has 0 heterocycles. The summed E-state index contributed by atoms with van der Waals surface area (Å²) in [5.41, 5.74) is 0.608. The van der Waals surface area contributed by atoms with E-state index in [1.54, 1.807) is 12.1 Å². The average molecular weight is 340 g/mol. The zero-order valence-corrected chi connectivity index (χ0v) is 15.5. The van der Waals surface area contributed by atoms with Crippen LogP contribution >= 0.6 is 0 Å². The van der Waals surface area contributed by atoms with Crippen LogP contribution in [0, 0.1) is 11.8 Å². The van der Waals surface area contributed by atoms with Gasteiger partial charge in [0.25, 0.3) is 0 Å². The molecule has 0 bridgehead atoms. The van der Waals surface area contributed by atoms with Crippen molar-refractivity contribution in [3.8, 4) is 0 Å². The van der Waals surface area contributed by atoms with Crippen molar-refractivity contribution in [2.45, 2.75) is 32.6 Å². The van der Waals surface area contributed by atoms with E-state index in [0.29, 0.717) is 24.1 Å². The highest BCUT2D eigenvalue weighted by Crippen LogP contribution is 2.14. The van der Waals surface area contributed by atoms with Crippen molar-refractivity contribution in [3.05, 3.63) is 24.3 Å². The highest BCUT2D eigenvalue weighted by atomic mass is 32.2. The normalized spacial score (nSPS) is 12.2.